The van der Waals surface area contributed by atoms with Crippen molar-refractivity contribution in [3.63, 3.8) is 0 Å². The van der Waals surface area contributed by atoms with E-state index in [-0.39, 0.29) is 11.9 Å². The summed E-state index contributed by atoms with van der Waals surface area (Å²) in [6, 6.07) is -0.490. The molecule has 0 aromatic carbocycles. The smallest absolute Gasteiger partial charge is 0.243 e. The molecule has 1 saturated carbocycles. The highest BCUT2D eigenvalue weighted by Crippen LogP contribution is 2.37. The van der Waals surface area contributed by atoms with Gasteiger partial charge in [0.2, 0.25) is 5.91 Å². The van der Waals surface area contributed by atoms with Gasteiger partial charge in [-0.05, 0) is 25.7 Å². The van der Waals surface area contributed by atoms with Crippen LogP contribution in [-0.2, 0) is 11.8 Å². The molecule has 1 fully saturated rings. The van der Waals surface area contributed by atoms with Crippen LogP contribution in [0.1, 0.15) is 43.8 Å². The molecule has 1 amide bonds. The van der Waals surface area contributed by atoms with Gasteiger partial charge in [-0.25, -0.2) is 15.0 Å². The summed E-state index contributed by atoms with van der Waals surface area (Å²) >= 11 is 0. The van der Waals surface area contributed by atoms with Gasteiger partial charge in [-0.3, -0.25) is 9.48 Å². The first-order chi connectivity index (χ1) is 12.5. The van der Waals surface area contributed by atoms with Crippen LogP contribution in [0.25, 0.3) is 11.2 Å². The Morgan fingerprint density at radius 3 is 2.81 bits per heavy atom. The average Bonchev–Trinajstić information content (AvgIpc) is 3.19. The Balaban J connectivity index is 1.58. The van der Waals surface area contributed by atoms with Crippen molar-refractivity contribution >= 4 is 22.9 Å². The molecule has 3 N–H and O–H groups in total. The normalized spacial score (nSPS) is 17.0. The van der Waals surface area contributed by atoms with Crippen molar-refractivity contribution in [1.82, 2.24) is 34.6 Å². The number of carbonyl (C=O) groups excluding carboxylic acids is 1. The van der Waals surface area contributed by atoms with E-state index in [1.54, 1.807) is 15.6 Å². The van der Waals surface area contributed by atoms with E-state index in [4.69, 9.17) is 5.73 Å². The highest BCUT2D eigenvalue weighted by molar-refractivity contribution is 5.85. The lowest BCUT2D eigenvalue weighted by atomic mass is 9.77. The Morgan fingerprint density at radius 1 is 1.35 bits per heavy atom. The Hall–Kier alpha value is -2.97. The molecule has 2 atom stereocenters. The molecule has 0 bridgehead atoms. The molecule has 26 heavy (non-hydrogen) atoms. The predicted molar refractivity (Wildman–Crippen MR) is 95.9 cm³/mol. The van der Waals surface area contributed by atoms with E-state index in [1.807, 2.05) is 26.4 Å². The van der Waals surface area contributed by atoms with Crippen LogP contribution in [0.15, 0.2) is 25.0 Å². The maximum atomic E-state index is 12.9. The van der Waals surface area contributed by atoms with Gasteiger partial charge in [-0.1, -0.05) is 6.42 Å². The van der Waals surface area contributed by atoms with Gasteiger partial charge in [0.25, 0.3) is 0 Å². The molecule has 3 aromatic heterocycles. The molecule has 3 aromatic rings. The van der Waals surface area contributed by atoms with E-state index < -0.39 is 6.04 Å². The second-order valence-corrected chi connectivity index (χ2v) is 6.88. The monoisotopic (exact) mass is 354 g/mol. The zero-order valence-corrected chi connectivity index (χ0v) is 14.8. The van der Waals surface area contributed by atoms with E-state index in [0.29, 0.717) is 22.9 Å². The molecule has 9 heteroatoms. The van der Waals surface area contributed by atoms with Crippen molar-refractivity contribution in [3.05, 3.63) is 30.6 Å². The number of nitrogens with zero attached hydrogens (tertiary/aromatic N) is 6. The van der Waals surface area contributed by atoms with Gasteiger partial charge < -0.3 is 15.6 Å². The average molecular weight is 354 g/mol. The number of hydrogen-bond donors (Lipinski definition) is 2. The maximum absolute atomic E-state index is 12.9. The number of rotatable bonds is 5. The van der Waals surface area contributed by atoms with Crippen molar-refractivity contribution < 1.29 is 4.79 Å². The summed E-state index contributed by atoms with van der Waals surface area (Å²) in [5.41, 5.74) is 7.94. The summed E-state index contributed by atoms with van der Waals surface area (Å²) in [4.78, 5) is 25.4. The molecule has 4 rings (SSSR count). The summed E-state index contributed by atoms with van der Waals surface area (Å²) < 4.78 is 3.49. The van der Waals surface area contributed by atoms with Crippen LogP contribution < -0.4 is 11.1 Å². The van der Waals surface area contributed by atoms with Crippen LogP contribution in [0.5, 0.6) is 0 Å². The topological polar surface area (TPSA) is 117 Å². The quantitative estimate of drug-likeness (QED) is 0.714. The summed E-state index contributed by atoms with van der Waals surface area (Å²) in [6.07, 6.45) is 10.2. The Bertz CT molecular complexity index is 941. The second-order valence-electron chi connectivity index (χ2n) is 6.88. The Morgan fingerprint density at radius 2 is 2.15 bits per heavy atom. The maximum Gasteiger partial charge on any atom is 0.243 e. The summed E-state index contributed by atoms with van der Waals surface area (Å²) in [5, 5.41) is 7.45. The number of amides is 1. The number of imidazole rings is 1. The first-order valence-corrected chi connectivity index (χ1v) is 8.76. The highest BCUT2D eigenvalue weighted by atomic mass is 16.2. The number of anilines is 1. The van der Waals surface area contributed by atoms with Gasteiger partial charge in [-0.15, -0.1) is 0 Å². The van der Waals surface area contributed by atoms with Gasteiger partial charge in [-0.2, -0.15) is 5.10 Å². The number of fused-ring (bicyclic) bond motifs is 1. The van der Waals surface area contributed by atoms with Crippen LogP contribution in [0.3, 0.4) is 0 Å². The van der Waals surface area contributed by atoms with Gasteiger partial charge in [0.05, 0.1) is 18.6 Å². The molecule has 0 aliphatic heterocycles. The zero-order valence-electron chi connectivity index (χ0n) is 14.8. The van der Waals surface area contributed by atoms with E-state index in [2.05, 4.69) is 25.4 Å². The van der Waals surface area contributed by atoms with E-state index in [9.17, 15) is 4.79 Å². The molecule has 2 unspecified atom stereocenters. The first-order valence-electron chi connectivity index (χ1n) is 8.76. The Kier molecular flexibility index (Phi) is 4.06. The third-order valence-corrected chi connectivity index (χ3v) is 5.19. The standard InChI is InChI=1S/C17H22N8O/c1-10(25-9-21-14-15(18)19-8-20-16(14)25)17(26)23-13(11-4-3-5-11)12-6-22-24(2)7-12/h6-11,13H,3-5H2,1-2H3,(H,23,26)(H2,18,19,20). The third kappa shape index (κ3) is 2.79. The fraction of sp³-hybridized carbons (Fsp3) is 0.471. The lowest BCUT2D eigenvalue weighted by molar-refractivity contribution is -0.125. The van der Waals surface area contributed by atoms with Crippen molar-refractivity contribution in [2.75, 3.05) is 5.73 Å². The molecule has 1 aliphatic rings. The second kappa shape index (κ2) is 6.40. The minimum absolute atomic E-state index is 0.0260. The van der Waals surface area contributed by atoms with Crippen molar-refractivity contribution in [3.8, 4) is 0 Å². The number of aromatic nitrogens is 6. The molecule has 136 valence electrons. The zero-order chi connectivity index (χ0) is 18.3. The largest absolute Gasteiger partial charge is 0.382 e. The molecule has 0 spiro atoms. The number of hydrogen-bond acceptors (Lipinski definition) is 6. The van der Waals surface area contributed by atoms with Gasteiger partial charge in [0.15, 0.2) is 11.5 Å². The minimum atomic E-state index is -0.464. The molecular formula is C17H22N8O. The van der Waals surface area contributed by atoms with E-state index in [0.717, 1.165) is 18.4 Å². The third-order valence-electron chi connectivity index (χ3n) is 5.19. The minimum Gasteiger partial charge on any atom is -0.382 e. The summed E-state index contributed by atoms with van der Waals surface area (Å²) in [5.74, 6) is 0.680. The van der Waals surface area contributed by atoms with Crippen LogP contribution in [0, 0.1) is 5.92 Å². The predicted octanol–water partition coefficient (Wildman–Crippen LogP) is 1.36. The fourth-order valence-electron chi connectivity index (χ4n) is 3.40. The lowest BCUT2D eigenvalue weighted by Gasteiger charge is -2.34. The summed E-state index contributed by atoms with van der Waals surface area (Å²) in [7, 11) is 1.88. The van der Waals surface area contributed by atoms with E-state index in [1.165, 1.54) is 12.7 Å². The van der Waals surface area contributed by atoms with E-state index >= 15 is 0 Å². The van der Waals surface area contributed by atoms with Crippen molar-refractivity contribution in [2.24, 2.45) is 13.0 Å². The molecule has 0 radical (unpaired) electrons. The van der Waals surface area contributed by atoms with Gasteiger partial charge in [0.1, 0.15) is 17.9 Å². The van der Waals surface area contributed by atoms with Crippen LogP contribution in [0.2, 0.25) is 0 Å². The number of nitrogens with two attached hydrogens (primary N) is 1. The number of nitrogen functional groups attached to an aromatic ring is 1. The molecular weight excluding hydrogens is 332 g/mol. The van der Waals surface area contributed by atoms with Crippen LogP contribution in [-0.4, -0.2) is 35.2 Å². The molecule has 3 heterocycles. The lowest BCUT2D eigenvalue weighted by Crippen LogP contribution is -2.39. The highest BCUT2D eigenvalue weighted by Gasteiger charge is 2.32. The summed E-state index contributed by atoms with van der Waals surface area (Å²) in [6.45, 7) is 1.83. The Labute approximate surface area is 150 Å². The number of aryl methyl sites for hydroxylation is 1. The molecule has 0 saturated heterocycles. The SMILES string of the molecule is CC(C(=O)NC(c1cnn(C)c1)C1CCC1)n1cnc2c(N)ncnc21. The number of carbonyl (C=O) groups is 1. The first kappa shape index (κ1) is 16.5. The van der Waals surface area contributed by atoms with Crippen molar-refractivity contribution in [1.29, 1.82) is 0 Å². The molecule has 1 aliphatic carbocycles. The molecule has 9 nitrogen and oxygen atoms in total. The van der Waals surface area contributed by atoms with Crippen LogP contribution in [0.4, 0.5) is 5.82 Å². The van der Waals surface area contributed by atoms with Crippen LogP contribution >= 0.6 is 0 Å². The number of nitrogens with one attached hydrogen (secondary N) is 1. The fourth-order valence-corrected chi connectivity index (χ4v) is 3.40. The van der Waals surface area contributed by atoms with Gasteiger partial charge in [0, 0.05) is 18.8 Å². The van der Waals surface area contributed by atoms with Gasteiger partial charge >= 0.3 is 0 Å². The van der Waals surface area contributed by atoms with Crippen molar-refractivity contribution in [2.45, 2.75) is 38.3 Å².